The number of carbonyl (C=O) groups is 2. The molecule has 1 fully saturated rings. The number of ether oxygens (including phenoxy) is 2. The van der Waals surface area contributed by atoms with Crippen LogP contribution in [0.2, 0.25) is 0 Å². The van der Waals surface area contributed by atoms with Gasteiger partial charge in [-0.1, -0.05) is 24.1 Å². The molecule has 3 aromatic rings. The van der Waals surface area contributed by atoms with Crippen molar-refractivity contribution in [1.82, 2.24) is 0 Å². The molecule has 1 saturated heterocycles. The van der Waals surface area contributed by atoms with E-state index < -0.39 is 12.0 Å². The van der Waals surface area contributed by atoms with Crippen LogP contribution in [-0.2, 0) is 9.59 Å². The minimum absolute atomic E-state index is 0.0376. The Bertz CT molecular complexity index is 1210. The number of rotatable bonds is 6. The molecule has 0 bridgehead atoms. The average Bonchev–Trinajstić information content (AvgIpc) is 2.88. The summed E-state index contributed by atoms with van der Waals surface area (Å²) in [7, 11) is 3.19. The van der Waals surface area contributed by atoms with Crippen LogP contribution in [0.25, 0.3) is 0 Å². The number of hydrogen-bond donors (Lipinski definition) is 1. The Hall–Kier alpha value is -4.24. The highest BCUT2D eigenvalue weighted by molar-refractivity contribution is 6.00. The van der Waals surface area contributed by atoms with Gasteiger partial charge in [0.15, 0.2) is 0 Å². The maximum atomic E-state index is 13.5. The number of carbonyl (C=O) groups excluding carboxylic acids is 2. The van der Waals surface area contributed by atoms with Gasteiger partial charge in [-0.2, -0.15) is 0 Å². The fourth-order valence-electron chi connectivity index (χ4n) is 4.32. The molecule has 1 aliphatic heterocycles. The predicted molar refractivity (Wildman–Crippen MR) is 132 cm³/mol. The summed E-state index contributed by atoms with van der Waals surface area (Å²) in [4.78, 5) is 28.4. The number of anilines is 2. The molecule has 1 N–H and O–H groups in total. The molecule has 172 valence electrons. The van der Waals surface area contributed by atoms with Gasteiger partial charge in [-0.05, 0) is 66.6 Å². The van der Waals surface area contributed by atoms with E-state index in [4.69, 9.17) is 15.9 Å². The molecule has 3 aromatic carbocycles. The Morgan fingerprint density at radius 3 is 2.26 bits per heavy atom. The smallest absolute Gasteiger partial charge is 0.229 e. The Morgan fingerprint density at radius 2 is 1.65 bits per heavy atom. The van der Waals surface area contributed by atoms with Gasteiger partial charge in [-0.3, -0.25) is 9.59 Å². The van der Waals surface area contributed by atoms with Crippen molar-refractivity contribution in [3.63, 3.8) is 0 Å². The zero-order valence-electron chi connectivity index (χ0n) is 19.2. The van der Waals surface area contributed by atoms with E-state index in [0.29, 0.717) is 34.9 Å². The van der Waals surface area contributed by atoms with Crippen molar-refractivity contribution in [1.29, 1.82) is 0 Å². The average molecular weight is 455 g/mol. The van der Waals surface area contributed by atoms with Crippen molar-refractivity contribution in [3.8, 4) is 23.8 Å². The van der Waals surface area contributed by atoms with Crippen LogP contribution in [0.4, 0.5) is 11.4 Å². The van der Waals surface area contributed by atoms with Crippen LogP contribution in [0.5, 0.6) is 11.5 Å². The second-order valence-electron chi connectivity index (χ2n) is 8.04. The van der Waals surface area contributed by atoms with Gasteiger partial charge in [0.1, 0.15) is 11.5 Å². The molecule has 2 amide bonds. The lowest BCUT2D eigenvalue weighted by atomic mass is 9.83. The van der Waals surface area contributed by atoms with Gasteiger partial charge < -0.3 is 19.7 Å². The summed E-state index contributed by atoms with van der Waals surface area (Å²) in [6.07, 6.45) is 6.20. The second-order valence-corrected chi connectivity index (χ2v) is 8.04. The van der Waals surface area contributed by atoms with E-state index in [9.17, 15) is 9.59 Å². The molecule has 2 unspecified atom stereocenters. The Morgan fingerprint density at radius 1 is 1.00 bits per heavy atom. The van der Waals surface area contributed by atoms with Crippen molar-refractivity contribution < 1.29 is 19.1 Å². The number of methoxy groups -OCH3 is 2. The highest BCUT2D eigenvalue weighted by atomic mass is 16.5. The van der Waals surface area contributed by atoms with E-state index in [1.54, 1.807) is 43.4 Å². The maximum Gasteiger partial charge on any atom is 0.229 e. The molecule has 6 nitrogen and oxygen atoms in total. The second kappa shape index (κ2) is 10.1. The molecule has 1 aliphatic rings. The van der Waals surface area contributed by atoms with Crippen LogP contribution in [0.1, 0.15) is 30.0 Å². The summed E-state index contributed by atoms with van der Waals surface area (Å²) in [5, 5.41) is 3.00. The number of nitrogens with zero attached hydrogens (tertiary/aromatic N) is 1. The predicted octanol–water partition coefficient (Wildman–Crippen LogP) is 4.81. The van der Waals surface area contributed by atoms with E-state index in [1.807, 2.05) is 48.5 Å². The van der Waals surface area contributed by atoms with Crippen LogP contribution in [0.15, 0.2) is 72.8 Å². The molecule has 1 heterocycles. The quantitative estimate of drug-likeness (QED) is 0.543. The first-order valence-electron chi connectivity index (χ1n) is 11.0. The third-order valence-electron chi connectivity index (χ3n) is 6.04. The van der Waals surface area contributed by atoms with E-state index in [2.05, 4.69) is 11.2 Å². The molecular weight excluding hydrogens is 428 g/mol. The number of benzene rings is 3. The number of hydrogen-bond acceptors (Lipinski definition) is 4. The zero-order chi connectivity index (χ0) is 24.1. The molecule has 34 heavy (non-hydrogen) atoms. The summed E-state index contributed by atoms with van der Waals surface area (Å²) < 4.78 is 10.6. The normalized spacial score (nSPS) is 17.6. The summed E-state index contributed by atoms with van der Waals surface area (Å²) in [6, 6.07) is 21.5. The first-order valence-corrected chi connectivity index (χ1v) is 11.0. The Labute approximate surface area is 199 Å². The van der Waals surface area contributed by atoms with Crippen molar-refractivity contribution >= 4 is 23.2 Å². The number of amides is 2. The third-order valence-corrected chi connectivity index (χ3v) is 6.04. The molecular formula is C28H26N2O4. The third kappa shape index (κ3) is 4.74. The maximum absolute atomic E-state index is 13.5. The molecule has 0 spiro atoms. The Balaban J connectivity index is 1.73. The van der Waals surface area contributed by atoms with Gasteiger partial charge in [-0.15, -0.1) is 6.42 Å². The van der Waals surface area contributed by atoms with Crippen LogP contribution in [0.3, 0.4) is 0 Å². The fourth-order valence-corrected chi connectivity index (χ4v) is 4.32. The van der Waals surface area contributed by atoms with Crippen molar-refractivity contribution in [2.75, 3.05) is 24.4 Å². The first kappa shape index (κ1) is 22.9. The largest absolute Gasteiger partial charge is 0.497 e. The minimum atomic E-state index is -0.489. The van der Waals surface area contributed by atoms with Crippen LogP contribution in [-0.4, -0.2) is 26.0 Å². The first-order chi connectivity index (χ1) is 16.5. The molecule has 0 aromatic heterocycles. The molecule has 0 aliphatic carbocycles. The molecule has 0 radical (unpaired) electrons. The van der Waals surface area contributed by atoms with Gasteiger partial charge in [0.05, 0.1) is 26.2 Å². The summed E-state index contributed by atoms with van der Waals surface area (Å²) in [5.74, 6) is 3.30. The van der Waals surface area contributed by atoms with E-state index >= 15 is 0 Å². The van der Waals surface area contributed by atoms with E-state index in [1.165, 1.54) is 0 Å². The lowest BCUT2D eigenvalue weighted by Crippen LogP contribution is -2.46. The minimum Gasteiger partial charge on any atom is -0.497 e. The number of terminal acetylenes is 1. The van der Waals surface area contributed by atoms with Crippen molar-refractivity contribution in [2.24, 2.45) is 5.92 Å². The van der Waals surface area contributed by atoms with Crippen molar-refractivity contribution in [3.05, 3.63) is 83.9 Å². The van der Waals surface area contributed by atoms with E-state index in [0.717, 1.165) is 5.56 Å². The lowest BCUT2D eigenvalue weighted by molar-refractivity contribution is -0.125. The number of piperidine rings is 1. The van der Waals surface area contributed by atoms with Crippen LogP contribution in [0, 0.1) is 18.3 Å². The molecule has 4 rings (SSSR count). The van der Waals surface area contributed by atoms with Crippen LogP contribution >= 0.6 is 0 Å². The van der Waals surface area contributed by atoms with Gasteiger partial charge in [0, 0.05) is 23.4 Å². The molecule has 0 saturated carbocycles. The SMILES string of the molecule is C#Cc1cccc(NC(=O)C2CCC(=O)N(c3ccc(OC)cc3)C2c2ccc(OC)cc2)c1. The standard InChI is InChI=1S/C28H26N2O4/c1-4-19-6-5-7-21(18-19)29-28(32)25-16-17-26(31)30(22-10-14-24(34-3)15-11-22)27(25)20-8-12-23(33-2)13-9-20/h1,5-15,18,25,27H,16-17H2,2-3H3,(H,29,32). The summed E-state index contributed by atoms with van der Waals surface area (Å²) in [6.45, 7) is 0. The van der Waals surface area contributed by atoms with Crippen molar-refractivity contribution in [2.45, 2.75) is 18.9 Å². The van der Waals surface area contributed by atoms with Gasteiger partial charge >= 0.3 is 0 Å². The topological polar surface area (TPSA) is 67.9 Å². The molecule has 6 heteroatoms. The zero-order valence-corrected chi connectivity index (χ0v) is 19.2. The summed E-state index contributed by atoms with van der Waals surface area (Å²) >= 11 is 0. The molecule has 2 atom stereocenters. The van der Waals surface area contributed by atoms with Gasteiger partial charge in [-0.25, -0.2) is 0 Å². The highest BCUT2D eigenvalue weighted by Crippen LogP contribution is 2.41. The van der Waals surface area contributed by atoms with Crippen LogP contribution < -0.4 is 19.7 Å². The van der Waals surface area contributed by atoms with E-state index in [-0.39, 0.29) is 18.2 Å². The Kier molecular flexibility index (Phi) is 6.84. The summed E-state index contributed by atoms with van der Waals surface area (Å²) in [5.41, 5.74) is 2.87. The number of nitrogens with one attached hydrogen (secondary N) is 1. The highest BCUT2D eigenvalue weighted by Gasteiger charge is 2.41. The fraction of sp³-hybridized carbons (Fsp3) is 0.214. The monoisotopic (exact) mass is 454 g/mol. The van der Waals surface area contributed by atoms with Gasteiger partial charge in [0.25, 0.3) is 0 Å². The lowest BCUT2D eigenvalue weighted by Gasteiger charge is -2.41. The van der Waals surface area contributed by atoms with Gasteiger partial charge in [0.2, 0.25) is 11.8 Å².